The number of methoxy groups -OCH3 is 1. The molecule has 0 unspecified atom stereocenters. The molecule has 0 fully saturated rings. The summed E-state index contributed by atoms with van der Waals surface area (Å²) in [6.45, 7) is 3.92. The molecule has 2 aromatic carbocycles. The van der Waals surface area contributed by atoms with Gasteiger partial charge in [0.2, 0.25) is 11.0 Å². The van der Waals surface area contributed by atoms with Crippen molar-refractivity contribution in [2.45, 2.75) is 26.7 Å². The molecule has 6 nitrogen and oxygen atoms in total. The van der Waals surface area contributed by atoms with E-state index >= 15 is 0 Å². The van der Waals surface area contributed by atoms with Gasteiger partial charge in [-0.15, -0.1) is 11.3 Å². The van der Waals surface area contributed by atoms with Crippen molar-refractivity contribution in [2.24, 2.45) is 0 Å². The van der Waals surface area contributed by atoms with E-state index in [4.69, 9.17) is 4.74 Å². The highest BCUT2D eigenvalue weighted by Gasteiger charge is 2.17. The summed E-state index contributed by atoms with van der Waals surface area (Å²) in [5, 5.41) is 10.1. The number of nitrogens with zero attached hydrogens (tertiary/aromatic N) is 3. The van der Waals surface area contributed by atoms with Crippen LogP contribution in [0.4, 0.5) is 10.1 Å². The number of hydrogen-bond donors (Lipinski definition) is 1. The first-order valence-corrected chi connectivity index (χ1v) is 11.0. The third-order valence-corrected chi connectivity index (χ3v) is 6.01. The van der Waals surface area contributed by atoms with Crippen LogP contribution in [0.5, 0.6) is 5.75 Å². The van der Waals surface area contributed by atoms with Crippen molar-refractivity contribution < 1.29 is 13.9 Å². The number of amides is 1. The monoisotopic (exact) mass is 450 g/mol. The molecule has 2 aromatic heterocycles. The van der Waals surface area contributed by atoms with E-state index in [1.54, 1.807) is 48.2 Å². The number of hydrogen-bond acceptors (Lipinski definition) is 5. The van der Waals surface area contributed by atoms with Crippen molar-refractivity contribution >= 4 is 22.9 Å². The van der Waals surface area contributed by atoms with Gasteiger partial charge in [0.1, 0.15) is 11.6 Å². The lowest BCUT2D eigenvalue weighted by molar-refractivity contribution is -0.115. The van der Waals surface area contributed by atoms with Crippen molar-refractivity contribution in [3.05, 3.63) is 87.9 Å². The second kappa shape index (κ2) is 9.32. The standard InChI is InChI=1S/C24H23FN4O2S/c1-15-22(12-17-5-4-6-18(25)11-17)16(2)29(28-15)24-27-20(14-32-24)13-23(30)26-19-7-9-21(31-3)10-8-19/h4-11,14H,12-13H2,1-3H3,(H,26,30). The molecule has 1 amide bonds. The van der Waals surface area contributed by atoms with Gasteiger partial charge in [0.25, 0.3) is 0 Å². The zero-order chi connectivity index (χ0) is 22.7. The zero-order valence-electron chi connectivity index (χ0n) is 18.1. The summed E-state index contributed by atoms with van der Waals surface area (Å²) >= 11 is 1.43. The van der Waals surface area contributed by atoms with Crippen LogP contribution in [0.2, 0.25) is 0 Å². The van der Waals surface area contributed by atoms with Crippen molar-refractivity contribution in [3.63, 3.8) is 0 Å². The minimum absolute atomic E-state index is 0.146. The quantitative estimate of drug-likeness (QED) is 0.436. The first-order valence-electron chi connectivity index (χ1n) is 10.1. The van der Waals surface area contributed by atoms with Crippen LogP contribution in [0.25, 0.3) is 5.13 Å². The summed E-state index contributed by atoms with van der Waals surface area (Å²) in [5.41, 5.74) is 5.15. The molecule has 0 radical (unpaired) electrons. The molecule has 0 saturated heterocycles. The van der Waals surface area contributed by atoms with E-state index in [0.717, 1.165) is 28.3 Å². The molecule has 4 aromatic rings. The molecular weight excluding hydrogens is 427 g/mol. The number of carbonyl (C=O) groups is 1. The first-order chi connectivity index (χ1) is 15.4. The minimum Gasteiger partial charge on any atom is -0.497 e. The number of thiazole rings is 1. The Morgan fingerprint density at radius 3 is 2.69 bits per heavy atom. The maximum atomic E-state index is 13.6. The number of benzene rings is 2. The molecule has 2 heterocycles. The van der Waals surface area contributed by atoms with Gasteiger partial charge in [-0.3, -0.25) is 4.79 Å². The Hall–Kier alpha value is -3.52. The zero-order valence-corrected chi connectivity index (χ0v) is 18.9. The molecule has 0 spiro atoms. The summed E-state index contributed by atoms with van der Waals surface area (Å²) in [4.78, 5) is 17.0. The predicted molar refractivity (Wildman–Crippen MR) is 123 cm³/mol. The number of halogens is 1. The second-order valence-corrected chi connectivity index (χ2v) is 8.28. The Bertz CT molecular complexity index is 1250. The maximum Gasteiger partial charge on any atom is 0.230 e. The van der Waals surface area contributed by atoms with E-state index in [-0.39, 0.29) is 18.1 Å². The number of aryl methyl sites for hydroxylation is 1. The van der Waals surface area contributed by atoms with Gasteiger partial charge in [-0.05, 0) is 55.8 Å². The smallest absolute Gasteiger partial charge is 0.230 e. The summed E-state index contributed by atoms with van der Waals surface area (Å²) < 4.78 is 20.5. The van der Waals surface area contributed by atoms with E-state index in [1.165, 1.54) is 17.4 Å². The summed E-state index contributed by atoms with van der Waals surface area (Å²) in [5.74, 6) is 0.337. The Labute approximate surface area is 189 Å². The summed E-state index contributed by atoms with van der Waals surface area (Å²) in [6.07, 6.45) is 0.760. The second-order valence-electron chi connectivity index (χ2n) is 7.44. The number of aromatic nitrogens is 3. The van der Waals surface area contributed by atoms with Gasteiger partial charge in [-0.1, -0.05) is 12.1 Å². The number of ether oxygens (including phenoxy) is 1. The van der Waals surface area contributed by atoms with Gasteiger partial charge < -0.3 is 10.1 Å². The van der Waals surface area contributed by atoms with Crippen LogP contribution in [0.3, 0.4) is 0 Å². The molecule has 1 N–H and O–H groups in total. The highest BCUT2D eigenvalue weighted by molar-refractivity contribution is 7.12. The van der Waals surface area contributed by atoms with Crippen molar-refractivity contribution in [3.8, 4) is 10.9 Å². The van der Waals surface area contributed by atoms with Crippen molar-refractivity contribution in [1.82, 2.24) is 14.8 Å². The first kappa shape index (κ1) is 21.7. The largest absolute Gasteiger partial charge is 0.497 e. The predicted octanol–water partition coefficient (Wildman–Crippen LogP) is 4.87. The van der Waals surface area contributed by atoms with Crippen LogP contribution in [-0.2, 0) is 17.6 Å². The fraction of sp³-hybridized carbons (Fsp3) is 0.208. The van der Waals surface area contributed by atoms with Gasteiger partial charge in [0.15, 0.2) is 0 Å². The van der Waals surface area contributed by atoms with Crippen LogP contribution >= 0.6 is 11.3 Å². The number of anilines is 1. The highest BCUT2D eigenvalue weighted by Crippen LogP contribution is 2.24. The van der Waals surface area contributed by atoms with Crippen LogP contribution in [0, 0.1) is 19.7 Å². The Morgan fingerprint density at radius 2 is 1.97 bits per heavy atom. The van der Waals surface area contributed by atoms with Crippen molar-refractivity contribution in [2.75, 3.05) is 12.4 Å². The Kier molecular flexibility index (Phi) is 6.32. The lowest BCUT2D eigenvalue weighted by atomic mass is 10.0. The van der Waals surface area contributed by atoms with Gasteiger partial charge in [-0.25, -0.2) is 14.1 Å². The van der Waals surface area contributed by atoms with Crippen LogP contribution < -0.4 is 10.1 Å². The number of nitrogens with one attached hydrogen (secondary N) is 1. The Balaban J connectivity index is 1.46. The lowest BCUT2D eigenvalue weighted by Crippen LogP contribution is -2.14. The van der Waals surface area contributed by atoms with Crippen LogP contribution in [0.1, 0.15) is 28.2 Å². The van der Waals surface area contributed by atoms with Crippen LogP contribution in [-0.4, -0.2) is 27.8 Å². The molecule has 0 bridgehead atoms. The SMILES string of the molecule is COc1ccc(NC(=O)Cc2csc(-n3nc(C)c(Cc4cccc(F)c4)c3C)n2)cc1. The topological polar surface area (TPSA) is 69.0 Å². The maximum absolute atomic E-state index is 13.6. The van der Waals surface area contributed by atoms with E-state index in [9.17, 15) is 9.18 Å². The normalized spacial score (nSPS) is 10.9. The lowest BCUT2D eigenvalue weighted by Gasteiger charge is -2.05. The number of rotatable bonds is 7. The van der Waals surface area contributed by atoms with E-state index in [1.807, 2.05) is 25.3 Å². The fourth-order valence-electron chi connectivity index (χ4n) is 3.49. The average molecular weight is 451 g/mol. The molecule has 0 aliphatic heterocycles. The van der Waals surface area contributed by atoms with Gasteiger partial charge >= 0.3 is 0 Å². The number of carbonyl (C=O) groups excluding carboxylic acids is 1. The highest BCUT2D eigenvalue weighted by atomic mass is 32.1. The van der Waals surface area contributed by atoms with Gasteiger partial charge in [0.05, 0.1) is 24.9 Å². The molecule has 0 saturated carbocycles. The average Bonchev–Trinajstić information content (AvgIpc) is 3.34. The molecule has 0 atom stereocenters. The third-order valence-electron chi connectivity index (χ3n) is 5.15. The molecular formula is C24H23FN4O2S. The van der Waals surface area contributed by atoms with E-state index in [2.05, 4.69) is 15.4 Å². The van der Waals surface area contributed by atoms with E-state index < -0.39 is 0 Å². The minimum atomic E-state index is -0.248. The third kappa shape index (κ3) is 4.86. The molecule has 8 heteroatoms. The fourth-order valence-corrected chi connectivity index (χ4v) is 4.31. The van der Waals surface area contributed by atoms with E-state index in [0.29, 0.717) is 22.9 Å². The Morgan fingerprint density at radius 1 is 1.19 bits per heavy atom. The summed E-state index contributed by atoms with van der Waals surface area (Å²) in [7, 11) is 1.60. The van der Waals surface area contributed by atoms with Gasteiger partial charge in [0, 0.05) is 28.7 Å². The summed E-state index contributed by atoms with van der Waals surface area (Å²) in [6, 6.07) is 13.8. The molecule has 0 aliphatic rings. The molecule has 164 valence electrons. The van der Waals surface area contributed by atoms with Crippen molar-refractivity contribution in [1.29, 1.82) is 0 Å². The molecule has 4 rings (SSSR count). The molecule has 0 aliphatic carbocycles. The van der Waals surface area contributed by atoms with Crippen LogP contribution in [0.15, 0.2) is 53.9 Å². The molecule has 32 heavy (non-hydrogen) atoms. The van der Waals surface area contributed by atoms with Gasteiger partial charge in [-0.2, -0.15) is 5.10 Å².